The Bertz CT molecular complexity index is 640. The highest BCUT2D eigenvalue weighted by Gasteiger charge is 1.98. The first-order chi connectivity index (χ1) is 8.20. The van der Waals surface area contributed by atoms with Crippen LogP contribution in [0.25, 0.3) is 17.0 Å². The molecular formula is C13H11NO3. The summed E-state index contributed by atoms with van der Waals surface area (Å²) in [4.78, 5) is 25.4. The van der Waals surface area contributed by atoms with Gasteiger partial charge < -0.3 is 9.72 Å². The molecule has 0 radical (unpaired) electrons. The highest BCUT2D eigenvalue weighted by molar-refractivity contribution is 5.88. The topological polar surface area (TPSA) is 59.2 Å². The van der Waals surface area contributed by atoms with Gasteiger partial charge in [-0.05, 0) is 23.8 Å². The molecule has 1 aromatic heterocycles. The lowest BCUT2D eigenvalue weighted by Crippen LogP contribution is -1.99. The van der Waals surface area contributed by atoms with Crippen LogP contribution in [0.1, 0.15) is 5.56 Å². The number of esters is 1. The molecule has 0 saturated carbocycles. The molecule has 1 aromatic carbocycles. The van der Waals surface area contributed by atoms with Gasteiger partial charge in [-0.1, -0.05) is 6.07 Å². The van der Waals surface area contributed by atoms with E-state index in [4.69, 9.17) is 0 Å². The Kier molecular flexibility index (Phi) is 3.05. The molecule has 0 aliphatic heterocycles. The number of hydrogen-bond donors (Lipinski definition) is 1. The van der Waals surface area contributed by atoms with Crippen molar-refractivity contribution in [3.63, 3.8) is 0 Å². The van der Waals surface area contributed by atoms with Crippen LogP contribution in [0.3, 0.4) is 0 Å². The highest BCUT2D eigenvalue weighted by atomic mass is 16.5. The van der Waals surface area contributed by atoms with Gasteiger partial charge in [-0.2, -0.15) is 0 Å². The first-order valence-corrected chi connectivity index (χ1v) is 5.08. The van der Waals surface area contributed by atoms with Crippen LogP contribution >= 0.6 is 0 Å². The second kappa shape index (κ2) is 4.65. The molecule has 2 rings (SSSR count). The van der Waals surface area contributed by atoms with Crippen molar-refractivity contribution in [2.45, 2.75) is 0 Å². The van der Waals surface area contributed by atoms with Crippen LogP contribution in [0.5, 0.6) is 0 Å². The minimum absolute atomic E-state index is 0.0257. The van der Waals surface area contributed by atoms with E-state index < -0.39 is 5.97 Å². The van der Waals surface area contributed by atoms with Crippen LogP contribution in [0.15, 0.2) is 41.3 Å². The molecule has 17 heavy (non-hydrogen) atoms. The predicted molar refractivity (Wildman–Crippen MR) is 65.6 cm³/mol. The number of aromatic amines is 1. The van der Waals surface area contributed by atoms with E-state index in [2.05, 4.69) is 9.72 Å². The number of rotatable bonds is 2. The largest absolute Gasteiger partial charge is 0.466 e. The standard InChI is InChI=1S/C13H11NO3/c1-17-13(16)5-3-9-2-4-10-11(8-9)14-7-6-12(10)15/h2-8H,1H3,(H,14,15). The molecule has 0 bridgehead atoms. The fraction of sp³-hybridized carbons (Fsp3) is 0.0769. The molecular weight excluding hydrogens is 218 g/mol. The van der Waals surface area contributed by atoms with Gasteiger partial charge in [-0.3, -0.25) is 4.79 Å². The minimum Gasteiger partial charge on any atom is -0.466 e. The van der Waals surface area contributed by atoms with Crippen LogP contribution in [0.4, 0.5) is 0 Å². The summed E-state index contributed by atoms with van der Waals surface area (Å²) in [6.07, 6.45) is 4.57. The molecule has 0 amide bonds. The number of H-pyrrole nitrogens is 1. The van der Waals surface area contributed by atoms with Crippen LogP contribution < -0.4 is 5.43 Å². The van der Waals surface area contributed by atoms with Crippen molar-refractivity contribution in [1.82, 2.24) is 4.98 Å². The molecule has 0 fully saturated rings. The summed E-state index contributed by atoms with van der Waals surface area (Å²) in [6, 6.07) is 6.78. The summed E-state index contributed by atoms with van der Waals surface area (Å²) in [7, 11) is 1.32. The maximum absolute atomic E-state index is 11.5. The zero-order valence-corrected chi connectivity index (χ0v) is 9.27. The highest BCUT2D eigenvalue weighted by Crippen LogP contribution is 2.11. The molecule has 0 atom stereocenters. The van der Waals surface area contributed by atoms with Gasteiger partial charge in [0.1, 0.15) is 0 Å². The Balaban J connectivity index is 2.42. The molecule has 4 heteroatoms. The van der Waals surface area contributed by atoms with E-state index in [-0.39, 0.29) is 5.43 Å². The molecule has 0 unspecified atom stereocenters. The Hall–Kier alpha value is -2.36. The van der Waals surface area contributed by atoms with Crippen molar-refractivity contribution in [3.05, 3.63) is 52.3 Å². The van der Waals surface area contributed by atoms with Gasteiger partial charge in [-0.15, -0.1) is 0 Å². The molecule has 0 spiro atoms. The molecule has 1 heterocycles. The lowest BCUT2D eigenvalue weighted by atomic mass is 10.1. The monoisotopic (exact) mass is 229 g/mol. The van der Waals surface area contributed by atoms with Crippen LogP contribution in [0, 0.1) is 0 Å². The van der Waals surface area contributed by atoms with Crippen molar-refractivity contribution in [2.75, 3.05) is 7.11 Å². The lowest BCUT2D eigenvalue weighted by Gasteiger charge is -1.98. The molecule has 4 nitrogen and oxygen atoms in total. The fourth-order valence-corrected chi connectivity index (χ4v) is 1.53. The lowest BCUT2D eigenvalue weighted by molar-refractivity contribution is -0.134. The van der Waals surface area contributed by atoms with Gasteiger partial charge in [0, 0.05) is 29.2 Å². The maximum Gasteiger partial charge on any atom is 0.330 e. The van der Waals surface area contributed by atoms with Crippen molar-refractivity contribution in [3.8, 4) is 0 Å². The molecule has 86 valence electrons. The van der Waals surface area contributed by atoms with Gasteiger partial charge in [0.25, 0.3) is 0 Å². The van der Waals surface area contributed by atoms with Crippen LogP contribution in [-0.4, -0.2) is 18.1 Å². The Labute approximate surface area is 97.5 Å². The van der Waals surface area contributed by atoms with Crippen LogP contribution in [0.2, 0.25) is 0 Å². The Morgan fingerprint density at radius 2 is 2.18 bits per heavy atom. The van der Waals surface area contributed by atoms with E-state index in [0.717, 1.165) is 11.1 Å². The van der Waals surface area contributed by atoms with Crippen molar-refractivity contribution >= 4 is 22.9 Å². The SMILES string of the molecule is COC(=O)C=Cc1ccc2c(=O)cc[nH]c2c1. The summed E-state index contributed by atoms with van der Waals surface area (Å²) < 4.78 is 4.49. The van der Waals surface area contributed by atoms with Gasteiger partial charge in [0.2, 0.25) is 0 Å². The summed E-state index contributed by atoms with van der Waals surface area (Å²) in [6.45, 7) is 0. The molecule has 0 saturated heterocycles. The molecule has 1 N–H and O–H groups in total. The van der Waals surface area contributed by atoms with E-state index in [1.807, 2.05) is 0 Å². The third kappa shape index (κ3) is 2.42. The average Bonchev–Trinajstić information content (AvgIpc) is 2.36. The van der Waals surface area contributed by atoms with Gasteiger partial charge in [-0.25, -0.2) is 4.79 Å². The number of methoxy groups -OCH3 is 1. The number of ether oxygens (including phenoxy) is 1. The van der Waals surface area contributed by atoms with E-state index in [1.54, 1.807) is 30.5 Å². The molecule has 0 aliphatic rings. The van der Waals surface area contributed by atoms with E-state index in [9.17, 15) is 9.59 Å². The maximum atomic E-state index is 11.5. The summed E-state index contributed by atoms with van der Waals surface area (Å²) in [5, 5.41) is 0.628. The van der Waals surface area contributed by atoms with Crippen molar-refractivity contribution < 1.29 is 9.53 Å². The molecule has 0 aliphatic carbocycles. The average molecular weight is 229 g/mol. The number of carbonyl (C=O) groups excluding carboxylic acids is 1. The summed E-state index contributed by atoms with van der Waals surface area (Å²) in [5.41, 5.74) is 1.54. The second-order valence-electron chi connectivity index (χ2n) is 3.50. The van der Waals surface area contributed by atoms with E-state index >= 15 is 0 Å². The number of aromatic nitrogens is 1. The number of pyridine rings is 1. The van der Waals surface area contributed by atoms with E-state index in [1.165, 1.54) is 19.3 Å². The Morgan fingerprint density at radius 1 is 1.35 bits per heavy atom. The van der Waals surface area contributed by atoms with Gasteiger partial charge in [0.05, 0.1) is 7.11 Å². The van der Waals surface area contributed by atoms with Gasteiger partial charge in [0.15, 0.2) is 5.43 Å². The zero-order chi connectivity index (χ0) is 12.3. The third-order valence-corrected chi connectivity index (χ3v) is 2.40. The zero-order valence-electron chi connectivity index (χ0n) is 9.27. The Morgan fingerprint density at radius 3 is 2.94 bits per heavy atom. The van der Waals surface area contributed by atoms with Crippen LogP contribution in [-0.2, 0) is 9.53 Å². The second-order valence-corrected chi connectivity index (χ2v) is 3.50. The normalized spacial score (nSPS) is 10.9. The first-order valence-electron chi connectivity index (χ1n) is 5.08. The van der Waals surface area contributed by atoms with Crippen molar-refractivity contribution in [2.24, 2.45) is 0 Å². The smallest absolute Gasteiger partial charge is 0.330 e. The first kappa shape index (κ1) is 11.1. The fourth-order valence-electron chi connectivity index (χ4n) is 1.53. The quantitative estimate of drug-likeness (QED) is 0.630. The molecule has 2 aromatic rings. The number of hydrogen-bond acceptors (Lipinski definition) is 3. The number of nitrogens with one attached hydrogen (secondary N) is 1. The van der Waals surface area contributed by atoms with Gasteiger partial charge >= 0.3 is 5.97 Å². The number of carbonyl (C=O) groups is 1. The summed E-state index contributed by atoms with van der Waals surface area (Å²) in [5.74, 6) is -0.411. The number of benzene rings is 1. The van der Waals surface area contributed by atoms with E-state index in [0.29, 0.717) is 5.39 Å². The van der Waals surface area contributed by atoms with Crippen molar-refractivity contribution in [1.29, 1.82) is 0 Å². The number of fused-ring (bicyclic) bond motifs is 1. The summed E-state index contributed by atoms with van der Waals surface area (Å²) >= 11 is 0. The minimum atomic E-state index is -0.411. The third-order valence-electron chi connectivity index (χ3n) is 2.40. The predicted octanol–water partition coefficient (Wildman–Crippen LogP) is 1.71.